The number of sulfonamides is 1. The van der Waals surface area contributed by atoms with Gasteiger partial charge in [0.15, 0.2) is 0 Å². The van der Waals surface area contributed by atoms with Gasteiger partial charge in [-0.1, -0.05) is 29.8 Å². The van der Waals surface area contributed by atoms with Crippen molar-refractivity contribution >= 4 is 21.6 Å². The molecule has 1 amide bonds. The lowest BCUT2D eigenvalue weighted by Crippen LogP contribution is -2.19. The molecule has 0 spiro atoms. The van der Waals surface area contributed by atoms with Gasteiger partial charge in [-0.25, -0.2) is 13.6 Å². The zero-order valence-electron chi connectivity index (χ0n) is 16.6. The Balaban J connectivity index is 1.96. The first-order valence-electron chi connectivity index (χ1n) is 8.96. The van der Waals surface area contributed by atoms with E-state index in [0.717, 1.165) is 22.3 Å². The van der Waals surface area contributed by atoms with Gasteiger partial charge in [-0.3, -0.25) is 4.79 Å². The van der Waals surface area contributed by atoms with Gasteiger partial charge in [0.05, 0.1) is 4.90 Å². The summed E-state index contributed by atoms with van der Waals surface area (Å²) in [6.07, 6.45) is 1.96. The minimum atomic E-state index is -3.71. The normalized spacial score (nSPS) is 11.6. The number of hydrogen-bond acceptors (Lipinski definition) is 5. The molecular formula is C21H24N4O3S. The molecule has 2 aromatic carbocycles. The van der Waals surface area contributed by atoms with Gasteiger partial charge < -0.3 is 10.6 Å². The third kappa shape index (κ3) is 6.17. The number of anilines is 1. The number of amides is 1. The SMILES string of the molecule is Cc1cc(C)c(NC(=O)/C(C#N)=C\NCCc2ccc(S(N)(=O)=O)cc2)c(C)c1. The summed E-state index contributed by atoms with van der Waals surface area (Å²) in [6, 6.07) is 12.1. The molecule has 0 saturated heterocycles. The Bertz CT molecular complexity index is 1060. The highest BCUT2D eigenvalue weighted by Crippen LogP contribution is 2.22. The number of benzene rings is 2. The van der Waals surface area contributed by atoms with Crippen LogP contribution < -0.4 is 15.8 Å². The average molecular weight is 413 g/mol. The quantitative estimate of drug-likeness (QED) is 0.366. The van der Waals surface area contributed by atoms with Crippen molar-refractivity contribution < 1.29 is 13.2 Å². The first-order valence-corrected chi connectivity index (χ1v) is 10.5. The summed E-state index contributed by atoms with van der Waals surface area (Å²) in [5, 5.41) is 20.1. The zero-order valence-corrected chi connectivity index (χ0v) is 17.4. The number of nitrogens with zero attached hydrogens (tertiary/aromatic N) is 1. The van der Waals surface area contributed by atoms with Crippen LogP contribution in [0.1, 0.15) is 22.3 Å². The molecule has 0 fully saturated rings. The number of carbonyl (C=O) groups excluding carboxylic acids is 1. The molecule has 0 bridgehead atoms. The van der Waals surface area contributed by atoms with Gasteiger partial charge in [-0.05, 0) is 56.0 Å². The lowest BCUT2D eigenvalue weighted by atomic mass is 10.0. The molecule has 152 valence electrons. The van der Waals surface area contributed by atoms with E-state index in [4.69, 9.17) is 5.14 Å². The summed E-state index contributed by atoms with van der Waals surface area (Å²) >= 11 is 0. The second-order valence-electron chi connectivity index (χ2n) is 6.79. The summed E-state index contributed by atoms with van der Waals surface area (Å²) in [6.45, 7) is 6.27. The van der Waals surface area contributed by atoms with E-state index >= 15 is 0 Å². The van der Waals surface area contributed by atoms with E-state index in [9.17, 15) is 18.5 Å². The molecule has 0 radical (unpaired) electrons. The third-order valence-corrected chi connectivity index (χ3v) is 5.27. The van der Waals surface area contributed by atoms with Crippen LogP contribution in [0.4, 0.5) is 5.69 Å². The van der Waals surface area contributed by atoms with E-state index in [-0.39, 0.29) is 10.5 Å². The predicted octanol–water partition coefficient (Wildman–Crippen LogP) is 2.44. The Kier molecular flexibility index (Phi) is 7.15. The number of nitriles is 1. The Morgan fingerprint density at radius 3 is 2.24 bits per heavy atom. The minimum Gasteiger partial charge on any atom is -0.389 e. The van der Waals surface area contributed by atoms with Crippen LogP contribution in [0.5, 0.6) is 0 Å². The zero-order chi connectivity index (χ0) is 21.6. The Labute approximate surface area is 171 Å². The van der Waals surface area contributed by atoms with Crippen molar-refractivity contribution in [3.8, 4) is 6.07 Å². The van der Waals surface area contributed by atoms with Crippen LogP contribution >= 0.6 is 0 Å². The summed E-state index contributed by atoms with van der Waals surface area (Å²) in [5.74, 6) is -0.479. The van der Waals surface area contributed by atoms with Crippen LogP contribution in [0.2, 0.25) is 0 Å². The molecule has 0 saturated carbocycles. The van der Waals surface area contributed by atoms with Crippen LogP contribution in [-0.2, 0) is 21.2 Å². The molecule has 0 unspecified atom stereocenters. The maximum Gasteiger partial charge on any atom is 0.267 e. The number of aryl methyl sites for hydroxylation is 3. The fourth-order valence-corrected chi connectivity index (χ4v) is 3.46. The summed E-state index contributed by atoms with van der Waals surface area (Å²) in [4.78, 5) is 12.5. The monoisotopic (exact) mass is 412 g/mol. The van der Waals surface area contributed by atoms with Gasteiger partial charge in [0.1, 0.15) is 11.6 Å². The van der Waals surface area contributed by atoms with Crippen molar-refractivity contribution in [1.82, 2.24) is 5.32 Å². The van der Waals surface area contributed by atoms with Crippen LogP contribution in [0.25, 0.3) is 0 Å². The van der Waals surface area contributed by atoms with Crippen LogP contribution in [0, 0.1) is 32.1 Å². The minimum absolute atomic E-state index is 0.0334. The fourth-order valence-electron chi connectivity index (χ4n) is 2.94. The number of nitrogens with two attached hydrogens (primary N) is 1. The molecule has 29 heavy (non-hydrogen) atoms. The highest BCUT2D eigenvalue weighted by atomic mass is 32.2. The van der Waals surface area contributed by atoms with Gasteiger partial charge in [0.2, 0.25) is 10.0 Å². The number of rotatable bonds is 7. The maximum atomic E-state index is 12.4. The predicted molar refractivity (Wildman–Crippen MR) is 113 cm³/mol. The van der Waals surface area contributed by atoms with Crippen molar-refractivity contribution in [2.75, 3.05) is 11.9 Å². The number of primary sulfonamides is 1. The van der Waals surface area contributed by atoms with E-state index in [1.807, 2.05) is 39.0 Å². The topological polar surface area (TPSA) is 125 Å². The molecule has 0 aromatic heterocycles. The van der Waals surface area contributed by atoms with Crippen LogP contribution in [-0.4, -0.2) is 20.9 Å². The molecule has 0 heterocycles. The highest BCUT2D eigenvalue weighted by Gasteiger charge is 2.12. The van der Waals surface area contributed by atoms with Crippen molar-refractivity contribution in [3.63, 3.8) is 0 Å². The molecule has 0 aliphatic carbocycles. The Morgan fingerprint density at radius 2 is 1.72 bits per heavy atom. The first kappa shape index (κ1) is 22.1. The number of nitrogens with one attached hydrogen (secondary N) is 2. The van der Waals surface area contributed by atoms with E-state index in [1.165, 1.54) is 18.3 Å². The first-order chi connectivity index (χ1) is 13.6. The molecule has 8 heteroatoms. The van der Waals surface area contributed by atoms with Crippen LogP contribution in [0.15, 0.2) is 53.1 Å². The van der Waals surface area contributed by atoms with Crippen molar-refractivity contribution in [1.29, 1.82) is 5.26 Å². The van der Waals surface area contributed by atoms with Crippen molar-refractivity contribution in [3.05, 3.63) is 70.4 Å². The van der Waals surface area contributed by atoms with Crippen molar-refractivity contribution in [2.45, 2.75) is 32.1 Å². The number of carbonyl (C=O) groups is 1. The Morgan fingerprint density at radius 1 is 1.14 bits per heavy atom. The van der Waals surface area contributed by atoms with E-state index in [2.05, 4.69) is 10.6 Å². The summed E-state index contributed by atoms with van der Waals surface area (Å²) < 4.78 is 22.5. The molecule has 2 aromatic rings. The lowest BCUT2D eigenvalue weighted by molar-refractivity contribution is -0.112. The number of hydrogen-bond donors (Lipinski definition) is 3. The molecule has 0 atom stereocenters. The van der Waals surface area contributed by atoms with Gasteiger partial charge in [0, 0.05) is 18.4 Å². The molecular weight excluding hydrogens is 388 g/mol. The van der Waals surface area contributed by atoms with Crippen molar-refractivity contribution in [2.24, 2.45) is 5.14 Å². The Hall–Kier alpha value is -3.15. The maximum absolute atomic E-state index is 12.4. The van der Waals surface area contributed by atoms with Gasteiger partial charge in [-0.2, -0.15) is 5.26 Å². The third-order valence-electron chi connectivity index (χ3n) is 4.34. The second-order valence-corrected chi connectivity index (χ2v) is 8.35. The average Bonchev–Trinajstić information content (AvgIpc) is 2.64. The standard InChI is InChI=1S/C21H24N4O3S/c1-14-10-15(2)20(16(3)11-14)25-21(26)18(12-22)13-24-9-8-17-4-6-19(7-5-17)29(23,27)28/h4-7,10-11,13,24H,8-9H2,1-3H3,(H,25,26)(H2,23,27,28)/b18-13-. The highest BCUT2D eigenvalue weighted by molar-refractivity contribution is 7.89. The second kappa shape index (κ2) is 9.37. The summed E-state index contributed by atoms with van der Waals surface area (Å²) in [7, 11) is -3.71. The van der Waals surface area contributed by atoms with E-state index in [1.54, 1.807) is 12.1 Å². The smallest absolute Gasteiger partial charge is 0.267 e. The fraction of sp³-hybridized carbons (Fsp3) is 0.238. The molecule has 2 rings (SSSR count). The van der Waals surface area contributed by atoms with E-state index < -0.39 is 15.9 Å². The van der Waals surface area contributed by atoms with Gasteiger partial charge >= 0.3 is 0 Å². The molecule has 0 aliphatic rings. The van der Waals surface area contributed by atoms with Crippen LogP contribution in [0.3, 0.4) is 0 Å². The largest absolute Gasteiger partial charge is 0.389 e. The lowest BCUT2D eigenvalue weighted by Gasteiger charge is -2.12. The summed E-state index contributed by atoms with van der Waals surface area (Å²) in [5.41, 5.74) is 4.54. The van der Waals surface area contributed by atoms with E-state index in [0.29, 0.717) is 18.7 Å². The van der Waals surface area contributed by atoms with Gasteiger partial charge in [-0.15, -0.1) is 0 Å². The van der Waals surface area contributed by atoms with Gasteiger partial charge in [0.25, 0.3) is 5.91 Å². The molecule has 0 aliphatic heterocycles. The molecule has 4 N–H and O–H groups in total. The molecule has 7 nitrogen and oxygen atoms in total.